The van der Waals surface area contributed by atoms with Gasteiger partial charge in [-0.1, -0.05) is 37.3 Å². The van der Waals surface area contributed by atoms with E-state index in [0.29, 0.717) is 24.3 Å². The minimum absolute atomic E-state index is 0.196. The summed E-state index contributed by atoms with van der Waals surface area (Å²) in [6.07, 6.45) is 4.77. The first-order chi connectivity index (χ1) is 13.6. The summed E-state index contributed by atoms with van der Waals surface area (Å²) >= 11 is 0. The maximum atomic E-state index is 13.7. The molecule has 0 radical (unpaired) electrons. The molecule has 0 fully saturated rings. The number of hydrogen-bond acceptors (Lipinski definition) is 3. The molecule has 5 rings (SSSR count). The van der Waals surface area contributed by atoms with E-state index in [1.54, 1.807) is 34.9 Å². The molecule has 1 N–H and O–H groups in total. The number of sulfonamides is 1. The fourth-order valence-corrected chi connectivity index (χ4v) is 6.32. The van der Waals surface area contributed by atoms with Crippen molar-refractivity contribution in [2.75, 3.05) is 6.54 Å². The predicted molar refractivity (Wildman–Crippen MR) is 111 cm³/mol. The topological polar surface area (TPSA) is 66.1 Å². The quantitative estimate of drug-likeness (QED) is 0.562. The van der Waals surface area contributed by atoms with E-state index in [0.717, 1.165) is 22.0 Å². The first-order valence-corrected chi connectivity index (χ1v) is 11.0. The molecule has 1 unspecified atom stereocenters. The minimum atomic E-state index is -3.64. The first kappa shape index (κ1) is 17.4. The molecule has 5 nitrogen and oxygen atoms in total. The highest BCUT2D eigenvalue weighted by Crippen LogP contribution is 2.39. The number of nitrogens with one attached hydrogen (secondary N) is 1. The van der Waals surface area contributed by atoms with Gasteiger partial charge < -0.3 is 4.98 Å². The molecule has 1 aliphatic rings. The number of para-hydroxylation sites is 1. The van der Waals surface area contributed by atoms with Crippen LogP contribution in [0, 0.1) is 0 Å². The zero-order chi connectivity index (χ0) is 19.3. The lowest BCUT2D eigenvalue weighted by Crippen LogP contribution is -2.39. The van der Waals surface area contributed by atoms with Gasteiger partial charge in [-0.15, -0.1) is 0 Å². The number of nitrogens with zero attached hydrogens (tertiary/aromatic N) is 2. The van der Waals surface area contributed by atoms with Gasteiger partial charge in [0.25, 0.3) is 0 Å². The van der Waals surface area contributed by atoms with Gasteiger partial charge in [0.1, 0.15) is 0 Å². The third kappa shape index (κ3) is 2.48. The lowest BCUT2D eigenvalue weighted by molar-refractivity contribution is 0.297. The maximum Gasteiger partial charge on any atom is 0.244 e. The zero-order valence-electron chi connectivity index (χ0n) is 15.6. The smallest absolute Gasteiger partial charge is 0.244 e. The Bertz CT molecular complexity index is 1290. The molecule has 1 atom stereocenters. The summed E-state index contributed by atoms with van der Waals surface area (Å²) in [5, 5.41) is 2.75. The number of pyridine rings is 1. The molecular formula is C22H21N3O2S. The van der Waals surface area contributed by atoms with E-state index in [2.05, 4.69) is 22.1 Å². The van der Waals surface area contributed by atoms with Gasteiger partial charge in [-0.2, -0.15) is 4.31 Å². The van der Waals surface area contributed by atoms with Gasteiger partial charge in [0.15, 0.2) is 0 Å². The number of rotatable bonds is 3. The van der Waals surface area contributed by atoms with Crippen LogP contribution in [0.15, 0.2) is 65.8 Å². The molecule has 0 bridgehead atoms. The van der Waals surface area contributed by atoms with Crippen molar-refractivity contribution in [1.82, 2.24) is 14.3 Å². The summed E-state index contributed by atoms with van der Waals surface area (Å²) in [6.45, 7) is 2.53. The minimum Gasteiger partial charge on any atom is -0.357 e. The van der Waals surface area contributed by atoms with Crippen molar-refractivity contribution in [1.29, 1.82) is 0 Å². The Labute approximate surface area is 164 Å². The molecule has 0 saturated carbocycles. The van der Waals surface area contributed by atoms with Crippen molar-refractivity contribution < 1.29 is 8.42 Å². The van der Waals surface area contributed by atoms with Crippen LogP contribution in [0.4, 0.5) is 0 Å². The standard InChI is InChI=1S/C22H21N3O2S/c1-2-20-22-18(17-7-3-4-8-19(17)24-22)11-13-25(20)28(26,27)21-9-5-6-15-14-23-12-10-16(15)21/h3-10,12,14,20,24H,2,11,13H2,1H3. The summed E-state index contributed by atoms with van der Waals surface area (Å²) < 4.78 is 29.0. The molecule has 6 heteroatoms. The van der Waals surface area contributed by atoms with Crippen LogP contribution in [0.2, 0.25) is 0 Å². The van der Waals surface area contributed by atoms with Gasteiger partial charge >= 0.3 is 0 Å². The third-order valence-electron chi connectivity index (χ3n) is 5.72. The molecule has 142 valence electrons. The summed E-state index contributed by atoms with van der Waals surface area (Å²) in [4.78, 5) is 7.96. The van der Waals surface area contributed by atoms with E-state index in [-0.39, 0.29) is 6.04 Å². The van der Waals surface area contributed by atoms with Crippen LogP contribution in [0.1, 0.15) is 30.6 Å². The van der Waals surface area contributed by atoms with Gasteiger partial charge in [0, 0.05) is 46.3 Å². The fraction of sp³-hybridized carbons (Fsp3) is 0.227. The number of fused-ring (bicyclic) bond motifs is 4. The molecule has 1 aliphatic heterocycles. The largest absolute Gasteiger partial charge is 0.357 e. The average molecular weight is 391 g/mol. The molecule has 28 heavy (non-hydrogen) atoms. The zero-order valence-corrected chi connectivity index (χ0v) is 16.4. The fourth-order valence-electron chi connectivity index (χ4n) is 4.44. The predicted octanol–water partition coefficient (Wildman–Crippen LogP) is 4.41. The highest BCUT2D eigenvalue weighted by molar-refractivity contribution is 7.89. The Balaban J connectivity index is 1.66. The van der Waals surface area contributed by atoms with E-state index in [1.807, 2.05) is 25.1 Å². The summed E-state index contributed by atoms with van der Waals surface area (Å²) in [6, 6.07) is 15.2. The Kier molecular flexibility index (Phi) is 4.00. The highest BCUT2D eigenvalue weighted by Gasteiger charge is 2.37. The molecule has 3 heterocycles. The van der Waals surface area contributed by atoms with Crippen LogP contribution >= 0.6 is 0 Å². The van der Waals surface area contributed by atoms with Crippen LogP contribution < -0.4 is 0 Å². The third-order valence-corrected chi connectivity index (χ3v) is 7.69. The molecule has 2 aromatic carbocycles. The molecule has 0 aliphatic carbocycles. The van der Waals surface area contributed by atoms with Gasteiger partial charge in [-0.25, -0.2) is 8.42 Å². The summed E-state index contributed by atoms with van der Waals surface area (Å²) in [5.74, 6) is 0. The van der Waals surface area contributed by atoms with E-state index < -0.39 is 10.0 Å². The second-order valence-corrected chi connectivity index (χ2v) is 9.06. The lowest BCUT2D eigenvalue weighted by Gasteiger charge is -2.34. The molecule has 0 amide bonds. The number of hydrogen-bond donors (Lipinski definition) is 1. The van der Waals surface area contributed by atoms with Crippen LogP contribution in [-0.2, 0) is 16.4 Å². The van der Waals surface area contributed by atoms with Crippen molar-refractivity contribution in [2.45, 2.75) is 30.7 Å². The van der Waals surface area contributed by atoms with E-state index in [1.165, 1.54) is 10.9 Å². The Hall–Kier alpha value is -2.70. The number of H-pyrrole nitrogens is 1. The SMILES string of the molecule is CCC1c2[nH]c3ccccc3c2CCN1S(=O)(=O)c1cccc2cnccc12. The summed E-state index contributed by atoms with van der Waals surface area (Å²) in [7, 11) is -3.64. The van der Waals surface area contributed by atoms with Crippen LogP contribution in [-0.4, -0.2) is 29.2 Å². The Morgan fingerprint density at radius 3 is 2.82 bits per heavy atom. The molecular weight excluding hydrogens is 370 g/mol. The van der Waals surface area contributed by atoms with Crippen molar-refractivity contribution >= 4 is 31.7 Å². The molecule has 4 aromatic rings. The first-order valence-electron chi connectivity index (χ1n) is 9.55. The van der Waals surface area contributed by atoms with Crippen molar-refractivity contribution in [3.63, 3.8) is 0 Å². The monoisotopic (exact) mass is 391 g/mol. The number of benzene rings is 2. The Morgan fingerprint density at radius 2 is 1.96 bits per heavy atom. The second kappa shape index (κ2) is 6.43. The Morgan fingerprint density at radius 1 is 1.11 bits per heavy atom. The average Bonchev–Trinajstić information content (AvgIpc) is 3.11. The van der Waals surface area contributed by atoms with Crippen molar-refractivity contribution in [3.05, 3.63) is 72.2 Å². The van der Waals surface area contributed by atoms with Crippen molar-refractivity contribution in [2.24, 2.45) is 0 Å². The molecule has 0 spiro atoms. The number of aromatic amines is 1. The highest BCUT2D eigenvalue weighted by atomic mass is 32.2. The molecule has 2 aromatic heterocycles. The van der Waals surface area contributed by atoms with Crippen LogP contribution in [0.25, 0.3) is 21.7 Å². The van der Waals surface area contributed by atoms with Crippen LogP contribution in [0.3, 0.4) is 0 Å². The van der Waals surface area contributed by atoms with E-state index in [9.17, 15) is 8.42 Å². The van der Waals surface area contributed by atoms with Gasteiger partial charge in [0.05, 0.1) is 10.9 Å². The lowest BCUT2D eigenvalue weighted by atomic mass is 9.98. The number of aromatic nitrogens is 2. The maximum absolute atomic E-state index is 13.7. The normalized spacial score (nSPS) is 17.8. The van der Waals surface area contributed by atoms with Crippen LogP contribution in [0.5, 0.6) is 0 Å². The van der Waals surface area contributed by atoms with Crippen molar-refractivity contribution in [3.8, 4) is 0 Å². The van der Waals surface area contributed by atoms with Gasteiger partial charge in [0.2, 0.25) is 10.0 Å². The second-order valence-electron chi connectivity index (χ2n) is 7.21. The molecule has 0 saturated heterocycles. The summed E-state index contributed by atoms with van der Waals surface area (Å²) in [5.41, 5.74) is 3.35. The van der Waals surface area contributed by atoms with E-state index in [4.69, 9.17) is 0 Å². The van der Waals surface area contributed by atoms with Gasteiger partial charge in [-0.3, -0.25) is 4.98 Å². The van der Waals surface area contributed by atoms with Gasteiger partial charge in [-0.05, 0) is 36.6 Å². The van der Waals surface area contributed by atoms with E-state index >= 15 is 0 Å².